The second-order valence-corrected chi connectivity index (χ2v) is 6.29. The molecule has 0 unspecified atom stereocenters. The third kappa shape index (κ3) is 3.18. The van der Waals surface area contributed by atoms with E-state index < -0.39 is 0 Å². The molecule has 0 aliphatic heterocycles. The maximum Gasteiger partial charge on any atom is 0.258 e. The van der Waals surface area contributed by atoms with Crippen molar-refractivity contribution < 1.29 is 4.74 Å². The highest BCUT2D eigenvalue weighted by Gasteiger charge is 2.16. The van der Waals surface area contributed by atoms with Crippen molar-refractivity contribution in [3.63, 3.8) is 0 Å². The Morgan fingerprint density at radius 3 is 2.62 bits per heavy atom. The number of aromatic nitrogens is 3. The number of rotatable bonds is 5. The lowest BCUT2D eigenvalue weighted by Crippen LogP contribution is -2.04. The van der Waals surface area contributed by atoms with Crippen LogP contribution < -0.4 is 4.74 Å². The summed E-state index contributed by atoms with van der Waals surface area (Å²) >= 11 is 0. The van der Waals surface area contributed by atoms with E-state index >= 15 is 0 Å². The molecule has 24 heavy (non-hydrogen) atoms. The van der Waals surface area contributed by atoms with Crippen LogP contribution in [0.15, 0.2) is 48.2 Å². The van der Waals surface area contributed by atoms with Crippen molar-refractivity contribution in [3.05, 3.63) is 65.0 Å². The molecular weight excluding hydrogens is 298 g/mol. The molecule has 0 amide bonds. The third-order valence-corrected chi connectivity index (χ3v) is 4.32. The summed E-state index contributed by atoms with van der Waals surface area (Å²) < 4.78 is 8.26. The fourth-order valence-corrected chi connectivity index (χ4v) is 2.79. The molecule has 0 atom stereocenters. The van der Waals surface area contributed by atoms with E-state index in [2.05, 4.69) is 48.5 Å². The maximum atomic E-state index is 6.01. The average Bonchev–Trinajstić information content (AvgIpc) is 2.84. The number of fused-ring (bicyclic) bond motifs is 1. The average molecular weight is 321 g/mol. The number of allylic oxidation sites excluding steroid dienone is 2. The van der Waals surface area contributed by atoms with E-state index in [1.54, 1.807) is 0 Å². The van der Waals surface area contributed by atoms with E-state index in [4.69, 9.17) is 4.74 Å². The van der Waals surface area contributed by atoms with Gasteiger partial charge in [0.15, 0.2) is 0 Å². The summed E-state index contributed by atoms with van der Waals surface area (Å²) in [6, 6.07) is 10.1. The van der Waals surface area contributed by atoms with E-state index in [1.807, 2.05) is 36.5 Å². The monoisotopic (exact) mass is 321 g/mol. The molecule has 1 aromatic carbocycles. The number of nitrogens with zero attached hydrogens (tertiary/aromatic N) is 3. The van der Waals surface area contributed by atoms with Crippen LogP contribution in [0.1, 0.15) is 30.7 Å². The first-order chi connectivity index (χ1) is 11.6. The molecule has 3 aromatic rings. The quantitative estimate of drug-likeness (QED) is 0.645. The smallest absolute Gasteiger partial charge is 0.258 e. The topological polar surface area (TPSA) is 39.9 Å². The maximum absolute atomic E-state index is 6.01. The van der Waals surface area contributed by atoms with Crippen molar-refractivity contribution >= 4 is 10.9 Å². The second-order valence-electron chi connectivity index (χ2n) is 6.29. The Bertz CT molecular complexity index is 875. The van der Waals surface area contributed by atoms with Gasteiger partial charge < -0.3 is 9.30 Å². The molecule has 2 heterocycles. The lowest BCUT2D eigenvalue weighted by atomic mass is 10.2. The predicted octanol–water partition coefficient (Wildman–Crippen LogP) is 4.59. The van der Waals surface area contributed by atoms with Crippen LogP contribution in [0.2, 0.25) is 0 Å². The Kier molecular flexibility index (Phi) is 4.65. The fourth-order valence-electron chi connectivity index (χ4n) is 2.79. The molecule has 0 bridgehead atoms. The van der Waals surface area contributed by atoms with Crippen molar-refractivity contribution in [3.8, 4) is 5.88 Å². The summed E-state index contributed by atoms with van der Waals surface area (Å²) in [5, 5.41) is 9.49. The van der Waals surface area contributed by atoms with Gasteiger partial charge in [-0.3, -0.25) is 0 Å². The van der Waals surface area contributed by atoms with Crippen LogP contribution in [0, 0.1) is 13.8 Å². The number of aryl methyl sites for hydroxylation is 1. The first kappa shape index (κ1) is 16.2. The Hall–Kier alpha value is -2.62. The number of benzene rings is 1. The number of hydrogen-bond acceptors (Lipinski definition) is 3. The zero-order valence-electron chi connectivity index (χ0n) is 14.7. The van der Waals surface area contributed by atoms with Crippen LogP contribution in [0.4, 0.5) is 0 Å². The van der Waals surface area contributed by atoms with Crippen LogP contribution in [0.3, 0.4) is 0 Å². The van der Waals surface area contributed by atoms with Crippen molar-refractivity contribution in [1.82, 2.24) is 14.8 Å². The van der Waals surface area contributed by atoms with Gasteiger partial charge in [0, 0.05) is 17.6 Å². The standard InChI is InChI=1S/C20H23N3O/c1-14(2)10-11-23-16(4)15(3)18-12-21-22-20(19(18)23)24-13-17-8-6-5-7-9-17/h5-10,12H,11,13H2,1-4H3. The van der Waals surface area contributed by atoms with Gasteiger partial charge >= 0.3 is 0 Å². The normalized spacial score (nSPS) is 10.8. The van der Waals surface area contributed by atoms with E-state index in [0.717, 1.165) is 23.0 Å². The van der Waals surface area contributed by atoms with Crippen LogP contribution in [0.5, 0.6) is 5.88 Å². The Morgan fingerprint density at radius 1 is 1.17 bits per heavy atom. The highest BCUT2D eigenvalue weighted by Crippen LogP contribution is 2.30. The van der Waals surface area contributed by atoms with Gasteiger partial charge in [0.25, 0.3) is 5.88 Å². The summed E-state index contributed by atoms with van der Waals surface area (Å²) in [5.74, 6) is 0.592. The zero-order chi connectivity index (χ0) is 17.1. The predicted molar refractivity (Wildman–Crippen MR) is 97.2 cm³/mol. The van der Waals surface area contributed by atoms with Crippen molar-refractivity contribution in [1.29, 1.82) is 0 Å². The van der Waals surface area contributed by atoms with E-state index in [1.165, 1.54) is 16.8 Å². The lowest BCUT2D eigenvalue weighted by molar-refractivity contribution is 0.293. The molecule has 4 heteroatoms. The first-order valence-corrected chi connectivity index (χ1v) is 8.19. The first-order valence-electron chi connectivity index (χ1n) is 8.19. The molecule has 0 spiro atoms. The Labute approximate surface area is 142 Å². The van der Waals surface area contributed by atoms with Gasteiger partial charge in [0.05, 0.1) is 6.20 Å². The summed E-state index contributed by atoms with van der Waals surface area (Å²) in [6.07, 6.45) is 4.04. The minimum Gasteiger partial charge on any atom is -0.470 e. The molecule has 0 aliphatic carbocycles. The molecule has 0 radical (unpaired) electrons. The highest BCUT2D eigenvalue weighted by atomic mass is 16.5. The van der Waals surface area contributed by atoms with E-state index in [0.29, 0.717) is 12.5 Å². The highest BCUT2D eigenvalue weighted by molar-refractivity contribution is 5.88. The minimum absolute atomic E-state index is 0.487. The third-order valence-electron chi connectivity index (χ3n) is 4.32. The van der Waals surface area contributed by atoms with Crippen molar-refractivity contribution in [2.24, 2.45) is 0 Å². The Morgan fingerprint density at radius 2 is 1.92 bits per heavy atom. The fraction of sp³-hybridized carbons (Fsp3) is 0.300. The summed E-state index contributed by atoms with van der Waals surface area (Å²) in [4.78, 5) is 0. The number of ether oxygens (including phenoxy) is 1. The second kappa shape index (κ2) is 6.87. The number of hydrogen-bond donors (Lipinski definition) is 0. The zero-order valence-corrected chi connectivity index (χ0v) is 14.7. The molecule has 0 saturated carbocycles. The molecule has 0 aliphatic rings. The van der Waals surface area contributed by atoms with Crippen LogP contribution in [-0.2, 0) is 13.2 Å². The minimum atomic E-state index is 0.487. The van der Waals surface area contributed by atoms with Gasteiger partial charge in [-0.25, -0.2) is 0 Å². The van der Waals surface area contributed by atoms with E-state index in [9.17, 15) is 0 Å². The van der Waals surface area contributed by atoms with Crippen LogP contribution in [0.25, 0.3) is 10.9 Å². The molecule has 0 fully saturated rings. The van der Waals surface area contributed by atoms with Gasteiger partial charge in [0.2, 0.25) is 0 Å². The van der Waals surface area contributed by atoms with Crippen molar-refractivity contribution in [2.75, 3.05) is 0 Å². The molecule has 2 aromatic heterocycles. The van der Waals surface area contributed by atoms with E-state index in [-0.39, 0.29) is 0 Å². The van der Waals surface area contributed by atoms with Gasteiger partial charge in [-0.05, 0) is 38.8 Å². The molecular formula is C20H23N3O. The van der Waals surface area contributed by atoms with Crippen molar-refractivity contribution in [2.45, 2.75) is 40.8 Å². The Balaban J connectivity index is 2.01. The largest absolute Gasteiger partial charge is 0.470 e. The summed E-state index contributed by atoms with van der Waals surface area (Å²) in [5.41, 5.74) is 5.89. The molecule has 0 N–H and O–H groups in total. The summed E-state index contributed by atoms with van der Waals surface area (Å²) in [6.45, 7) is 9.78. The van der Waals surface area contributed by atoms with Gasteiger partial charge in [-0.2, -0.15) is 5.10 Å². The van der Waals surface area contributed by atoms with Gasteiger partial charge in [-0.15, -0.1) is 5.10 Å². The molecule has 0 saturated heterocycles. The lowest BCUT2D eigenvalue weighted by Gasteiger charge is -2.10. The SMILES string of the molecule is CC(C)=CCn1c(C)c(C)c2cnnc(OCc3ccccc3)c21. The van der Waals surface area contributed by atoms with Crippen LogP contribution >= 0.6 is 0 Å². The van der Waals surface area contributed by atoms with Gasteiger partial charge in [0.1, 0.15) is 12.1 Å². The molecule has 3 rings (SSSR count). The molecule has 4 nitrogen and oxygen atoms in total. The van der Waals surface area contributed by atoms with Crippen LogP contribution in [-0.4, -0.2) is 14.8 Å². The molecule has 124 valence electrons. The van der Waals surface area contributed by atoms with Gasteiger partial charge in [-0.1, -0.05) is 42.0 Å². The summed E-state index contributed by atoms with van der Waals surface area (Å²) in [7, 11) is 0.